The Kier molecular flexibility index (Phi) is 5.40. The lowest BCUT2D eigenvalue weighted by atomic mass is 10.2. The third-order valence-electron chi connectivity index (χ3n) is 3.07. The van der Waals surface area contributed by atoms with E-state index < -0.39 is 40.1 Å². The maximum Gasteiger partial charge on any atom is 0.286 e. The predicted octanol–water partition coefficient (Wildman–Crippen LogP) is 1.80. The van der Waals surface area contributed by atoms with Crippen LogP contribution < -0.4 is 16.6 Å². The van der Waals surface area contributed by atoms with E-state index in [1.54, 1.807) is 0 Å². The second-order valence-electron chi connectivity index (χ2n) is 4.84. The highest BCUT2D eigenvalue weighted by atomic mass is 35.5. The number of nitrogens with two attached hydrogens (primary N) is 1. The second-order valence-corrected chi connectivity index (χ2v) is 5.66. The van der Waals surface area contributed by atoms with Crippen molar-refractivity contribution in [3.63, 3.8) is 0 Å². The van der Waals surface area contributed by atoms with Crippen molar-refractivity contribution in [2.24, 2.45) is 5.73 Å². The van der Waals surface area contributed by atoms with Crippen LogP contribution in [0.4, 0.5) is 11.4 Å². The highest BCUT2D eigenvalue weighted by molar-refractivity contribution is 6.42. The number of nitrogens with one attached hydrogen (secondary N) is 1. The highest BCUT2D eigenvalue weighted by Crippen LogP contribution is 2.25. The first kappa shape index (κ1) is 18.4. The highest BCUT2D eigenvalue weighted by Gasteiger charge is 2.18. The van der Waals surface area contributed by atoms with Gasteiger partial charge in [0, 0.05) is 11.8 Å². The van der Waals surface area contributed by atoms with E-state index in [2.05, 4.69) is 5.32 Å². The van der Waals surface area contributed by atoms with Crippen LogP contribution in [0.15, 0.2) is 35.3 Å². The van der Waals surface area contributed by atoms with Crippen LogP contribution in [0, 0.1) is 10.1 Å². The molecule has 2 aromatic rings. The number of hydrogen-bond donors (Lipinski definition) is 2. The number of aromatic nitrogens is 1. The minimum atomic E-state index is -1.13. The van der Waals surface area contributed by atoms with Crippen LogP contribution in [0.1, 0.15) is 10.4 Å². The number of nitro groups is 1. The Balaban J connectivity index is 2.30. The number of nitrogens with zero attached hydrogens (tertiary/aromatic N) is 2. The molecule has 0 aliphatic heterocycles. The van der Waals surface area contributed by atoms with E-state index in [1.165, 1.54) is 18.2 Å². The standard InChI is InChI=1S/C14H10Cl2N4O5/c15-10-2-1-7(3-11(10)16)18-12(21)6-19-5-8(20(24)25)4-9(13(17)22)14(19)23/h1-5H,6H2,(H2,17,22)(H,18,21). The van der Waals surface area contributed by atoms with Gasteiger partial charge in [0.1, 0.15) is 12.1 Å². The number of pyridine rings is 1. The van der Waals surface area contributed by atoms with Crippen molar-refractivity contribution >= 4 is 46.4 Å². The number of rotatable bonds is 5. The van der Waals surface area contributed by atoms with Gasteiger partial charge in [0.2, 0.25) is 5.91 Å². The van der Waals surface area contributed by atoms with Crippen LogP contribution in [0.3, 0.4) is 0 Å². The van der Waals surface area contributed by atoms with Crippen molar-refractivity contribution in [3.8, 4) is 0 Å². The van der Waals surface area contributed by atoms with Gasteiger partial charge in [-0.05, 0) is 18.2 Å². The van der Waals surface area contributed by atoms with Gasteiger partial charge >= 0.3 is 0 Å². The third-order valence-corrected chi connectivity index (χ3v) is 3.80. The zero-order chi connectivity index (χ0) is 18.7. The van der Waals surface area contributed by atoms with Gasteiger partial charge in [-0.25, -0.2) is 0 Å². The molecule has 0 saturated carbocycles. The van der Waals surface area contributed by atoms with E-state index in [9.17, 15) is 24.5 Å². The molecule has 0 aliphatic rings. The summed E-state index contributed by atoms with van der Waals surface area (Å²) in [6.07, 6.45) is 0.850. The minimum absolute atomic E-state index is 0.211. The van der Waals surface area contributed by atoms with Gasteiger partial charge in [-0.15, -0.1) is 0 Å². The smallest absolute Gasteiger partial charge is 0.286 e. The molecule has 11 heteroatoms. The summed E-state index contributed by atoms with van der Waals surface area (Å²) in [5.74, 6) is -1.80. The second kappa shape index (κ2) is 7.32. The van der Waals surface area contributed by atoms with Crippen molar-refractivity contribution in [1.82, 2.24) is 4.57 Å². The lowest BCUT2D eigenvalue weighted by Gasteiger charge is -2.09. The largest absolute Gasteiger partial charge is 0.365 e. The number of carbonyl (C=O) groups excluding carboxylic acids is 2. The van der Waals surface area contributed by atoms with Crippen LogP contribution in [0.5, 0.6) is 0 Å². The molecule has 0 bridgehead atoms. The Morgan fingerprint density at radius 1 is 1.24 bits per heavy atom. The first-order chi connectivity index (χ1) is 11.7. The molecule has 0 spiro atoms. The lowest BCUT2D eigenvalue weighted by Crippen LogP contribution is -2.33. The van der Waals surface area contributed by atoms with E-state index in [0.717, 1.165) is 16.8 Å². The van der Waals surface area contributed by atoms with E-state index in [1.807, 2.05) is 0 Å². The average molecular weight is 385 g/mol. The van der Waals surface area contributed by atoms with Gasteiger partial charge in [-0.2, -0.15) is 0 Å². The van der Waals surface area contributed by atoms with Crippen molar-refractivity contribution < 1.29 is 14.5 Å². The number of hydrogen-bond acceptors (Lipinski definition) is 5. The summed E-state index contributed by atoms with van der Waals surface area (Å²) >= 11 is 11.6. The maximum atomic E-state index is 12.1. The van der Waals surface area contributed by atoms with Crippen LogP contribution in [0.25, 0.3) is 0 Å². The molecule has 9 nitrogen and oxygen atoms in total. The van der Waals surface area contributed by atoms with E-state index in [0.29, 0.717) is 10.7 Å². The van der Waals surface area contributed by atoms with Gasteiger partial charge in [-0.1, -0.05) is 23.2 Å². The van der Waals surface area contributed by atoms with Gasteiger partial charge < -0.3 is 11.1 Å². The maximum absolute atomic E-state index is 12.1. The summed E-state index contributed by atoms with van der Waals surface area (Å²) in [5, 5.41) is 13.9. The third kappa shape index (κ3) is 4.34. The first-order valence-corrected chi connectivity index (χ1v) is 7.38. The molecule has 1 aromatic carbocycles. The summed E-state index contributed by atoms with van der Waals surface area (Å²) in [6, 6.07) is 5.10. The number of benzene rings is 1. The SMILES string of the molecule is NC(=O)c1cc([N+](=O)[O-])cn(CC(=O)Nc2ccc(Cl)c(Cl)c2)c1=O. The van der Waals surface area contributed by atoms with Crippen LogP contribution in [0.2, 0.25) is 10.0 Å². The van der Waals surface area contributed by atoms with Crippen LogP contribution >= 0.6 is 23.2 Å². The predicted molar refractivity (Wildman–Crippen MR) is 91.0 cm³/mol. The molecule has 2 rings (SSSR count). The molecule has 0 fully saturated rings. The molecule has 2 amide bonds. The van der Waals surface area contributed by atoms with Crippen molar-refractivity contribution in [1.29, 1.82) is 0 Å². The van der Waals surface area contributed by atoms with Crippen molar-refractivity contribution in [2.75, 3.05) is 5.32 Å². The molecule has 0 saturated heterocycles. The summed E-state index contributed by atoms with van der Waals surface area (Å²) in [5.41, 5.74) is 3.30. The summed E-state index contributed by atoms with van der Waals surface area (Å²) in [7, 11) is 0. The fourth-order valence-electron chi connectivity index (χ4n) is 1.94. The summed E-state index contributed by atoms with van der Waals surface area (Å²) < 4.78 is 0.727. The van der Waals surface area contributed by atoms with E-state index in [-0.39, 0.29) is 5.02 Å². The molecule has 1 aromatic heterocycles. The topological polar surface area (TPSA) is 137 Å². The molecular weight excluding hydrogens is 375 g/mol. The number of carbonyl (C=O) groups is 2. The number of amides is 2. The monoisotopic (exact) mass is 384 g/mol. The van der Waals surface area contributed by atoms with Gasteiger partial charge in [0.05, 0.1) is 21.2 Å². The molecule has 3 N–H and O–H groups in total. The average Bonchev–Trinajstić information content (AvgIpc) is 2.52. The lowest BCUT2D eigenvalue weighted by molar-refractivity contribution is -0.385. The van der Waals surface area contributed by atoms with Gasteiger partial charge in [0.15, 0.2) is 0 Å². The molecule has 1 heterocycles. The zero-order valence-electron chi connectivity index (χ0n) is 12.4. The zero-order valence-corrected chi connectivity index (χ0v) is 13.9. The molecule has 130 valence electrons. The quantitative estimate of drug-likeness (QED) is 0.597. The van der Waals surface area contributed by atoms with Crippen LogP contribution in [-0.2, 0) is 11.3 Å². The number of halogens is 2. The van der Waals surface area contributed by atoms with Gasteiger partial charge in [0.25, 0.3) is 17.2 Å². The van der Waals surface area contributed by atoms with E-state index >= 15 is 0 Å². The molecule has 0 aliphatic carbocycles. The summed E-state index contributed by atoms with van der Waals surface area (Å²) in [6.45, 7) is -0.568. The Morgan fingerprint density at radius 2 is 1.92 bits per heavy atom. The van der Waals surface area contributed by atoms with Gasteiger partial charge in [-0.3, -0.25) is 29.1 Å². The fraction of sp³-hybridized carbons (Fsp3) is 0.0714. The first-order valence-electron chi connectivity index (χ1n) is 6.62. The van der Waals surface area contributed by atoms with E-state index in [4.69, 9.17) is 28.9 Å². The Morgan fingerprint density at radius 3 is 2.48 bits per heavy atom. The van der Waals surface area contributed by atoms with Crippen molar-refractivity contribution in [2.45, 2.75) is 6.54 Å². The van der Waals surface area contributed by atoms with Crippen molar-refractivity contribution in [3.05, 3.63) is 66.5 Å². The number of anilines is 1. The normalized spacial score (nSPS) is 10.3. The number of primary amides is 1. The minimum Gasteiger partial charge on any atom is -0.365 e. The molecule has 0 unspecified atom stereocenters. The van der Waals surface area contributed by atoms with Crippen LogP contribution in [-0.4, -0.2) is 21.3 Å². The Hall–Kier alpha value is -2.91. The Bertz CT molecular complexity index is 941. The molecule has 0 radical (unpaired) electrons. The Labute approximate surface area is 150 Å². The molecule has 0 atom stereocenters. The molecule has 25 heavy (non-hydrogen) atoms. The molecular formula is C14H10Cl2N4O5. The summed E-state index contributed by atoms with van der Waals surface area (Å²) in [4.78, 5) is 45.5. The fourth-order valence-corrected chi connectivity index (χ4v) is 2.24.